The summed E-state index contributed by atoms with van der Waals surface area (Å²) in [4.78, 5) is 0. The van der Waals surface area contributed by atoms with E-state index in [1.165, 1.54) is 47.5 Å². The molecule has 0 nitrogen and oxygen atoms in total. The molecule has 0 bridgehead atoms. The van der Waals surface area contributed by atoms with Gasteiger partial charge in [0, 0.05) is 16.1 Å². The Kier molecular flexibility index (Phi) is 21.5. The summed E-state index contributed by atoms with van der Waals surface area (Å²) in [5.41, 5.74) is 1.96. The lowest BCUT2D eigenvalue weighted by Gasteiger charge is -2.24. The first-order valence-electron chi connectivity index (χ1n) is 21.7. The molecule has 67 heavy (non-hydrogen) atoms. The van der Waals surface area contributed by atoms with Crippen LogP contribution in [-0.2, 0) is 39.4 Å². The van der Waals surface area contributed by atoms with Crippen LogP contribution in [-0.4, -0.2) is 0 Å². The fourth-order valence-corrected chi connectivity index (χ4v) is 7.09. The number of hydrogen-bond donors (Lipinski definition) is 0. The highest BCUT2D eigenvalue weighted by molar-refractivity contribution is 6.30. The maximum absolute atomic E-state index is 12.9. The van der Waals surface area contributed by atoms with Gasteiger partial charge >= 0.3 is 12.4 Å². The van der Waals surface area contributed by atoms with Crippen LogP contribution >= 0.6 is 11.6 Å². The molecule has 0 aliphatic carbocycles. The third kappa shape index (κ3) is 20.0. The largest absolute Gasteiger partial charge is 0.416 e. The molecule has 0 unspecified atom stereocenters. The summed E-state index contributed by atoms with van der Waals surface area (Å²) in [6, 6.07) is 28.0. The van der Waals surface area contributed by atoms with Crippen LogP contribution in [0.3, 0.4) is 0 Å². The van der Waals surface area contributed by atoms with E-state index in [0.717, 1.165) is 29.8 Å². The van der Waals surface area contributed by atoms with Gasteiger partial charge in [-0.15, -0.1) is 0 Å². The van der Waals surface area contributed by atoms with Crippen LogP contribution in [0.2, 0.25) is 5.02 Å². The van der Waals surface area contributed by atoms with Crippen LogP contribution in [0.15, 0.2) is 109 Å². The molecule has 0 radical (unpaired) electrons. The molecule has 0 N–H and O–H groups in total. The molecule has 5 rings (SSSR count). The van der Waals surface area contributed by atoms with Crippen LogP contribution in [0.4, 0.5) is 48.3 Å². The highest BCUT2D eigenvalue weighted by Gasteiger charge is 2.37. The van der Waals surface area contributed by atoms with Crippen molar-refractivity contribution >= 4 is 11.6 Å². The van der Waals surface area contributed by atoms with E-state index in [1.54, 1.807) is 86.6 Å². The minimum atomic E-state index is -4.33. The molecule has 0 fully saturated rings. The highest BCUT2D eigenvalue weighted by Crippen LogP contribution is 2.40. The number of rotatable bonds is 2. The van der Waals surface area contributed by atoms with Crippen molar-refractivity contribution in [3.63, 3.8) is 0 Å². The Morgan fingerprint density at radius 1 is 0.358 bits per heavy atom. The lowest BCUT2D eigenvalue weighted by Crippen LogP contribution is -2.19. The number of hydrogen-bond acceptors (Lipinski definition) is 0. The Balaban J connectivity index is 0.000000420. The van der Waals surface area contributed by atoms with Gasteiger partial charge in [0.15, 0.2) is 0 Å². The van der Waals surface area contributed by atoms with Crippen molar-refractivity contribution in [2.24, 2.45) is 0 Å². The lowest BCUT2D eigenvalue weighted by atomic mass is 9.83. The molecule has 5 aromatic rings. The molecule has 0 heterocycles. The van der Waals surface area contributed by atoms with E-state index in [0.29, 0.717) is 16.1 Å². The van der Waals surface area contributed by atoms with Crippen LogP contribution < -0.4 is 0 Å². The van der Waals surface area contributed by atoms with E-state index in [9.17, 15) is 48.3 Å². The van der Waals surface area contributed by atoms with Gasteiger partial charge in [-0.1, -0.05) is 188 Å². The van der Waals surface area contributed by atoms with Crippen molar-refractivity contribution < 1.29 is 48.3 Å². The van der Waals surface area contributed by atoms with E-state index in [-0.39, 0.29) is 27.5 Å². The maximum Gasteiger partial charge on any atom is 0.416 e. The summed E-state index contributed by atoms with van der Waals surface area (Å²) in [6.07, 6.45) is -13.5. The zero-order valence-electron chi connectivity index (χ0n) is 41.6. The molecule has 372 valence electrons. The van der Waals surface area contributed by atoms with Crippen LogP contribution in [0.5, 0.6) is 0 Å². The summed E-state index contributed by atoms with van der Waals surface area (Å²) < 4.78 is 139. The van der Waals surface area contributed by atoms with Crippen molar-refractivity contribution in [1.29, 1.82) is 0 Å². The first kappa shape index (κ1) is 60.6. The van der Waals surface area contributed by atoms with Gasteiger partial charge in [-0.25, -0.2) is 22.0 Å². The van der Waals surface area contributed by atoms with Crippen molar-refractivity contribution in [3.05, 3.63) is 176 Å². The Morgan fingerprint density at radius 2 is 0.701 bits per heavy atom. The average molecular weight is 974 g/mol. The number of benzene rings is 5. The average Bonchev–Trinajstić information content (AvgIpc) is 3.16. The second-order valence-corrected chi connectivity index (χ2v) is 21.7. The lowest BCUT2D eigenvalue weighted by molar-refractivity contribution is -0.139. The van der Waals surface area contributed by atoms with Crippen molar-refractivity contribution in [2.75, 3.05) is 0 Å². The van der Waals surface area contributed by atoms with Crippen LogP contribution in [0.1, 0.15) is 172 Å². The number of halogens is 12. The quantitative estimate of drug-likeness (QED) is 0.155. The molecule has 0 aromatic heterocycles. The topological polar surface area (TPSA) is 0 Å². The van der Waals surface area contributed by atoms with Crippen molar-refractivity contribution in [3.8, 4) is 0 Å². The first-order valence-corrected chi connectivity index (χ1v) is 22.0. The normalized spacial score (nSPS) is 12.4. The fraction of sp³-hybridized carbons (Fsp3) is 0.455. The summed E-state index contributed by atoms with van der Waals surface area (Å²) in [5, 5.41) is 0.327. The second-order valence-electron chi connectivity index (χ2n) is 21.2. The Morgan fingerprint density at radius 3 is 1.04 bits per heavy atom. The molecular weight excluding hydrogens is 905 g/mol. The Bertz CT molecular complexity index is 2250. The molecule has 0 saturated carbocycles. The third-order valence-electron chi connectivity index (χ3n) is 10.2. The van der Waals surface area contributed by atoms with E-state index in [1.807, 2.05) is 20.8 Å². The molecule has 0 saturated heterocycles. The summed E-state index contributed by atoms with van der Waals surface area (Å²) in [7, 11) is 0. The minimum absolute atomic E-state index is 0.0844. The van der Waals surface area contributed by atoms with Gasteiger partial charge in [0.2, 0.25) is 0 Å². The summed E-state index contributed by atoms with van der Waals surface area (Å²) in [5.74, 6) is -0.473. The highest BCUT2D eigenvalue weighted by atomic mass is 35.5. The Labute approximate surface area is 397 Å². The van der Waals surface area contributed by atoms with E-state index in [2.05, 4.69) is 52.0 Å². The second kappa shape index (κ2) is 23.8. The molecule has 5 aromatic carbocycles. The molecule has 12 heteroatoms. The van der Waals surface area contributed by atoms with Crippen LogP contribution in [0, 0.1) is 12.7 Å². The van der Waals surface area contributed by atoms with E-state index < -0.39 is 58.4 Å². The monoisotopic (exact) mass is 972 g/mol. The predicted octanol–water partition coefficient (Wildman–Crippen LogP) is 19.9. The smallest absolute Gasteiger partial charge is 0.207 e. The molecule has 0 atom stereocenters. The van der Waals surface area contributed by atoms with E-state index in [4.69, 9.17) is 11.6 Å². The summed E-state index contributed by atoms with van der Waals surface area (Å²) in [6.45, 7) is 30.6. The van der Waals surface area contributed by atoms with Crippen molar-refractivity contribution in [2.45, 2.75) is 163 Å². The molecule has 0 aliphatic rings. The van der Waals surface area contributed by atoms with Gasteiger partial charge < -0.3 is 0 Å². The SMILES string of the molecule is CC(C)(C)c1cc(Cl)ccc1C(F)(F)F.CC(C)(C)c1cc(F)ccc1C(F)F.CC(C)(C)c1ccccc1C(F)(F)F.CC(C)(C)c1ccccc1C(F)F.Cc1ccccc1C(C)(C)C. The standard InChI is InChI=1S/C11H12ClF3.2C11H13F3.C11H14F2.C11H16/c1-10(2,3)9-6-7(12)4-5-8(9)11(13,14)15;1-11(2,3)9-6-7(12)4-5-8(9)10(13)14;1-10(2,3)8-6-4-5-7-9(8)11(12,13)14;1-11(2,3)9-7-5-4-6-8(9)10(12)13;1-9-7-5-6-8-10(9)11(2,3)4/h4-6H,1-3H3;4-6,10H,1-3H3;4-7H,1-3H3;4-7,10H,1-3H3;5-8H,1-4H3. The van der Waals surface area contributed by atoms with Gasteiger partial charge in [0.05, 0.1) is 11.1 Å². The maximum atomic E-state index is 12.9. The molecule has 0 amide bonds. The van der Waals surface area contributed by atoms with Gasteiger partial charge in [-0.3, -0.25) is 0 Å². The van der Waals surface area contributed by atoms with Gasteiger partial charge in [-0.2, -0.15) is 26.3 Å². The van der Waals surface area contributed by atoms with Gasteiger partial charge in [0.1, 0.15) is 5.82 Å². The third-order valence-corrected chi connectivity index (χ3v) is 10.4. The summed E-state index contributed by atoms with van der Waals surface area (Å²) >= 11 is 5.71. The minimum Gasteiger partial charge on any atom is -0.207 e. The zero-order valence-corrected chi connectivity index (χ0v) is 42.3. The Hall–Kier alpha value is -4.38. The molecule has 0 spiro atoms. The number of alkyl halides is 10. The van der Waals surface area contributed by atoms with E-state index >= 15 is 0 Å². The van der Waals surface area contributed by atoms with Gasteiger partial charge in [0.25, 0.3) is 12.9 Å². The first-order chi connectivity index (χ1) is 30.1. The molecular formula is C55H68ClF11. The van der Waals surface area contributed by atoms with Crippen LogP contribution in [0.25, 0.3) is 0 Å². The number of aryl methyl sites for hydroxylation is 1. The van der Waals surface area contributed by atoms with Gasteiger partial charge in [-0.05, 0) is 104 Å². The fourth-order valence-electron chi connectivity index (χ4n) is 6.92. The zero-order chi connectivity index (χ0) is 52.3. The molecule has 0 aliphatic heterocycles. The predicted molar refractivity (Wildman–Crippen MR) is 255 cm³/mol. The van der Waals surface area contributed by atoms with Crippen molar-refractivity contribution in [1.82, 2.24) is 0 Å².